The fourth-order valence-electron chi connectivity index (χ4n) is 6.22. The van der Waals surface area contributed by atoms with E-state index in [2.05, 4.69) is 30.3 Å². The summed E-state index contributed by atoms with van der Waals surface area (Å²) in [6.45, 7) is 4.16. The maximum Gasteiger partial charge on any atom is 0.338 e. The van der Waals surface area contributed by atoms with Gasteiger partial charge in [0, 0.05) is 24.1 Å². The van der Waals surface area contributed by atoms with Crippen LogP contribution in [0.15, 0.2) is 72.8 Å². The molecule has 1 N–H and O–H groups in total. The Kier molecular flexibility index (Phi) is 8.03. The van der Waals surface area contributed by atoms with Crippen molar-refractivity contribution >= 4 is 25.0 Å². The SMILES string of the molecule is CCOP(=O)(CC(=O)[C@H]1CCCN(c2cccc3c2C(c2ccccc2)c2ccccc2-3)C1C(=O)O)OCC. The molecule has 0 saturated carbocycles. The number of carboxylic acids is 1. The van der Waals surface area contributed by atoms with Gasteiger partial charge in [-0.3, -0.25) is 9.36 Å². The largest absolute Gasteiger partial charge is 0.480 e. The van der Waals surface area contributed by atoms with Crippen molar-refractivity contribution in [2.24, 2.45) is 5.92 Å². The summed E-state index contributed by atoms with van der Waals surface area (Å²) in [5, 5.41) is 10.5. The number of hydrogen-bond acceptors (Lipinski definition) is 6. The predicted molar refractivity (Wildman–Crippen MR) is 151 cm³/mol. The molecule has 1 saturated heterocycles. The number of carbonyl (C=O) groups is 2. The summed E-state index contributed by atoms with van der Waals surface area (Å²) in [7, 11) is -3.65. The smallest absolute Gasteiger partial charge is 0.338 e. The Morgan fingerprint density at radius 2 is 1.59 bits per heavy atom. The van der Waals surface area contributed by atoms with Crippen LogP contribution in [0, 0.1) is 5.92 Å². The van der Waals surface area contributed by atoms with Crippen LogP contribution in [0.2, 0.25) is 0 Å². The fraction of sp³-hybridized carbons (Fsp3) is 0.355. The summed E-state index contributed by atoms with van der Waals surface area (Å²) in [6, 6.07) is 23.4. The molecule has 0 aromatic heterocycles. The number of carboxylic acid groups (broad SMARTS) is 1. The Hall–Kier alpha value is -3.25. The number of ketones is 1. The van der Waals surface area contributed by atoms with Crippen LogP contribution in [0.4, 0.5) is 5.69 Å². The number of nitrogens with zero attached hydrogens (tertiary/aromatic N) is 1. The molecule has 5 rings (SSSR count). The maximum atomic E-state index is 13.5. The van der Waals surface area contributed by atoms with Crippen LogP contribution in [0.25, 0.3) is 11.1 Å². The Balaban J connectivity index is 1.57. The first-order valence-corrected chi connectivity index (χ1v) is 15.3. The predicted octanol–water partition coefficient (Wildman–Crippen LogP) is 6.35. The van der Waals surface area contributed by atoms with E-state index in [1.165, 1.54) is 5.56 Å². The second kappa shape index (κ2) is 11.5. The number of hydrogen-bond donors (Lipinski definition) is 1. The third kappa shape index (κ3) is 5.19. The minimum Gasteiger partial charge on any atom is -0.480 e. The molecule has 39 heavy (non-hydrogen) atoms. The molecule has 3 atom stereocenters. The van der Waals surface area contributed by atoms with Crippen LogP contribution >= 0.6 is 7.60 Å². The average molecular weight is 548 g/mol. The van der Waals surface area contributed by atoms with Crippen molar-refractivity contribution in [3.05, 3.63) is 89.5 Å². The zero-order valence-corrected chi connectivity index (χ0v) is 23.2. The maximum absolute atomic E-state index is 13.5. The lowest BCUT2D eigenvalue weighted by Gasteiger charge is -2.41. The second-order valence-electron chi connectivity index (χ2n) is 9.97. The third-order valence-electron chi connectivity index (χ3n) is 7.67. The molecular weight excluding hydrogens is 513 g/mol. The van der Waals surface area contributed by atoms with Crippen LogP contribution < -0.4 is 4.90 Å². The molecule has 1 fully saturated rings. The van der Waals surface area contributed by atoms with Gasteiger partial charge >= 0.3 is 13.6 Å². The lowest BCUT2D eigenvalue weighted by atomic mass is 9.83. The van der Waals surface area contributed by atoms with Gasteiger partial charge in [-0.25, -0.2) is 4.79 Å². The lowest BCUT2D eigenvalue weighted by Crippen LogP contribution is -2.53. The highest BCUT2D eigenvalue weighted by atomic mass is 31.2. The summed E-state index contributed by atoms with van der Waals surface area (Å²) < 4.78 is 23.8. The van der Waals surface area contributed by atoms with Crippen molar-refractivity contribution in [1.82, 2.24) is 0 Å². The Bertz CT molecular complexity index is 1400. The minimum atomic E-state index is -3.65. The highest BCUT2D eigenvalue weighted by Crippen LogP contribution is 2.53. The van der Waals surface area contributed by atoms with E-state index in [4.69, 9.17) is 9.05 Å². The molecule has 2 unspecified atom stereocenters. The van der Waals surface area contributed by atoms with E-state index in [9.17, 15) is 19.3 Å². The summed E-state index contributed by atoms with van der Waals surface area (Å²) in [5.74, 6) is -2.36. The molecule has 0 amide bonds. The quantitative estimate of drug-likeness (QED) is 0.231. The number of fused-ring (bicyclic) bond motifs is 3. The van der Waals surface area contributed by atoms with Crippen LogP contribution in [0.5, 0.6) is 0 Å². The lowest BCUT2D eigenvalue weighted by molar-refractivity contribution is -0.143. The Morgan fingerprint density at radius 3 is 2.28 bits per heavy atom. The highest BCUT2D eigenvalue weighted by molar-refractivity contribution is 7.54. The molecule has 1 heterocycles. The monoisotopic (exact) mass is 547 g/mol. The molecule has 0 spiro atoms. The molecule has 8 heteroatoms. The van der Waals surface area contributed by atoms with E-state index in [0.717, 1.165) is 27.9 Å². The topological polar surface area (TPSA) is 93.1 Å². The van der Waals surface area contributed by atoms with E-state index < -0.39 is 37.5 Å². The summed E-state index contributed by atoms with van der Waals surface area (Å²) in [6.07, 6.45) is 0.615. The average Bonchev–Trinajstić information content (AvgIpc) is 3.28. The Labute approximate surface area is 229 Å². The fourth-order valence-corrected chi connectivity index (χ4v) is 7.88. The van der Waals surface area contributed by atoms with Gasteiger partial charge in [0.25, 0.3) is 0 Å². The number of rotatable bonds is 10. The molecular formula is C31H34NO6P. The first kappa shape index (κ1) is 27.3. The van der Waals surface area contributed by atoms with Gasteiger partial charge in [-0.2, -0.15) is 0 Å². The van der Waals surface area contributed by atoms with Crippen LogP contribution in [0.3, 0.4) is 0 Å². The van der Waals surface area contributed by atoms with Gasteiger partial charge in [0.05, 0.1) is 13.2 Å². The number of anilines is 1. The van der Waals surface area contributed by atoms with Gasteiger partial charge in [-0.05, 0) is 60.6 Å². The van der Waals surface area contributed by atoms with Crippen molar-refractivity contribution in [1.29, 1.82) is 0 Å². The van der Waals surface area contributed by atoms with Crippen molar-refractivity contribution < 1.29 is 28.3 Å². The van der Waals surface area contributed by atoms with E-state index in [1.54, 1.807) is 13.8 Å². The summed E-state index contributed by atoms with van der Waals surface area (Å²) >= 11 is 0. The number of Topliss-reactive ketones (excluding diaryl/α,β-unsaturated/α-hetero) is 1. The van der Waals surface area contributed by atoms with E-state index in [1.807, 2.05) is 47.4 Å². The molecule has 7 nitrogen and oxygen atoms in total. The third-order valence-corrected chi connectivity index (χ3v) is 9.68. The van der Waals surface area contributed by atoms with Crippen molar-refractivity contribution in [3.8, 4) is 11.1 Å². The van der Waals surface area contributed by atoms with Crippen LogP contribution in [0.1, 0.15) is 49.3 Å². The zero-order chi connectivity index (χ0) is 27.6. The van der Waals surface area contributed by atoms with Gasteiger partial charge < -0.3 is 19.1 Å². The standard InChI is InChI=1S/C31H34NO6P/c1-3-37-39(36,38-4-2)20-27(33)25-17-11-19-32(30(25)31(34)35)26-18-10-16-24-22-14-8-9-15-23(22)28(29(24)26)21-12-6-5-7-13-21/h5-10,12-16,18,25,28,30H,3-4,11,17,19-20H2,1-2H3,(H,34,35)/t25-,28?,30?/m1/s1. The molecule has 3 aromatic carbocycles. The van der Waals surface area contributed by atoms with Crippen molar-refractivity contribution in [3.63, 3.8) is 0 Å². The molecule has 204 valence electrons. The van der Waals surface area contributed by atoms with Crippen LogP contribution in [-0.2, 0) is 23.2 Å². The normalized spacial score (nSPS) is 20.4. The molecule has 0 bridgehead atoms. The number of benzene rings is 3. The highest BCUT2D eigenvalue weighted by Gasteiger charge is 2.45. The van der Waals surface area contributed by atoms with Crippen molar-refractivity contribution in [2.45, 2.75) is 38.6 Å². The first-order valence-electron chi connectivity index (χ1n) is 13.6. The summed E-state index contributed by atoms with van der Waals surface area (Å²) in [5.41, 5.74) is 6.39. The zero-order valence-electron chi connectivity index (χ0n) is 22.3. The minimum absolute atomic E-state index is 0.0600. The molecule has 1 aliphatic heterocycles. The molecule has 1 aliphatic carbocycles. The van der Waals surface area contributed by atoms with Gasteiger partial charge in [0.2, 0.25) is 0 Å². The summed E-state index contributed by atoms with van der Waals surface area (Å²) in [4.78, 5) is 28.2. The number of aliphatic carboxylic acids is 1. The van der Waals surface area contributed by atoms with Gasteiger partial charge in [-0.1, -0.05) is 66.7 Å². The Morgan fingerprint density at radius 1 is 0.923 bits per heavy atom. The van der Waals surface area contributed by atoms with E-state index in [0.29, 0.717) is 19.4 Å². The van der Waals surface area contributed by atoms with E-state index in [-0.39, 0.29) is 19.1 Å². The molecule has 2 aliphatic rings. The molecule has 3 aromatic rings. The first-order chi connectivity index (χ1) is 18.9. The van der Waals surface area contributed by atoms with E-state index >= 15 is 0 Å². The van der Waals surface area contributed by atoms with Crippen molar-refractivity contribution in [2.75, 3.05) is 30.8 Å². The van der Waals surface area contributed by atoms with Gasteiger partial charge in [0.1, 0.15) is 12.2 Å². The molecule has 0 radical (unpaired) electrons. The second-order valence-corrected chi connectivity index (χ2v) is 12.0. The number of carbonyl (C=O) groups excluding carboxylic acids is 1. The number of piperidine rings is 1. The van der Waals surface area contributed by atoms with Crippen LogP contribution in [-0.4, -0.2) is 48.8 Å². The van der Waals surface area contributed by atoms with Gasteiger partial charge in [-0.15, -0.1) is 0 Å². The van der Waals surface area contributed by atoms with Gasteiger partial charge in [0.15, 0.2) is 5.78 Å².